The molecular weight excluding hydrogens is 712 g/mol. The number of hydrogen-bond donors (Lipinski definition) is 2. The number of amides is 2. The summed E-state index contributed by atoms with van der Waals surface area (Å²) in [6.45, 7) is 9.10. The van der Waals surface area contributed by atoms with Crippen LogP contribution < -0.4 is 11.0 Å². The van der Waals surface area contributed by atoms with Crippen molar-refractivity contribution < 1.29 is 14.7 Å². The summed E-state index contributed by atoms with van der Waals surface area (Å²) in [6, 6.07) is 20.3. The number of benzene rings is 3. The Bertz CT molecular complexity index is 2350. The Balaban J connectivity index is 1.29. The molecule has 0 fully saturated rings. The minimum atomic E-state index is -0.592. The van der Waals surface area contributed by atoms with E-state index in [0.29, 0.717) is 23.5 Å². The van der Waals surface area contributed by atoms with Crippen molar-refractivity contribution in [1.82, 2.24) is 38.9 Å². The van der Waals surface area contributed by atoms with Gasteiger partial charge in [0.1, 0.15) is 5.69 Å². The normalized spacial score (nSPS) is 14.9. The van der Waals surface area contributed by atoms with Crippen molar-refractivity contribution in [3.8, 4) is 16.9 Å². The highest BCUT2D eigenvalue weighted by molar-refractivity contribution is 9.10. The van der Waals surface area contributed by atoms with Gasteiger partial charge in [0, 0.05) is 52.9 Å². The van der Waals surface area contributed by atoms with Crippen LogP contribution in [0.1, 0.15) is 58.4 Å². The third-order valence-corrected chi connectivity index (χ3v) is 10.3. The average molecular weight is 752 g/mol. The predicted octanol–water partition coefficient (Wildman–Crippen LogP) is 5.30. The van der Waals surface area contributed by atoms with E-state index in [0.717, 1.165) is 44.3 Å². The van der Waals surface area contributed by atoms with Crippen LogP contribution in [-0.2, 0) is 32.7 Å². The van der Waals surface area contributed by atoms with Crippen molar-refractivity contribution in [2.24, 2.45) is 0 Å². The molecule has 0 radical (unpaired) electrons. The Labute approximate surface area is 303 Å². The van der Waals surface area contributed by atoms with E-state index in [1.807, 2.05) is 86.2 Å². The van der Waals surface area contributed by atoms with E-state index in [4.69, 9.17) is 0 Å². The van der Waals surface area contributed by atoms with Gasteiger partial charge in [-0.3, -0.25) is 28.1 Å². The monoisotopic (exact) mass is 750 g/mol. The van der Waals surface area contributed by atoms with Crippen LogP contribution in [-0.4, -0.2) is 62.7 Å². The summed E-state index contributed by atoms with van der Waals surface area (Å²) in [5, 5.41) is 22.9. The first-order chi connectivity index (χ1) is 24.5. The van der Waals surface area contributed by atoms with Crippen molar-refractivity contribution in [3.63, 3.8) is 0 Å². The summed E-state index contributed by atoms with van der Waals surface area (Å²) in [7, 11) is 0. The van der Waals surface area contributed by atoms with E-state index < -0.39 is 12.0 Å². The first kappa shape index (κ1) is 34.2. The third kappa shape index (κ3) is 6.43. The van der Waals surface area contributed by atoms with Crippen molar-refractivity contribution in [3.05, 3.63) is 122 Å². The fourth-order valence-electron chi connectivity index (χ4n) is 6.78. The van der Waals surface area contributed by atoms with Crippen molar-refractivity contribution in [1.29, 1.82) is 0 Å². The Morgan fingerprint density at radius 1 is 1.10 bits per heavy atom. The topological polar surface area (TPSA) is 132 Å². The number of aliphatic hydroxyl groups is 1. The number of halogens is 1. The molecule has 0 aliphatic carbocycles. The summed E-state index contributed by atoms with van der Waals surface area (Å²) in [6.07, 6.45) is 3.01. The number of aryl methyl sites for hydroxylation is 2. The molecule has 2 atom stereocenters. The number of rotatable bonds is 9. The minimum Gasteiger partial charge on any atom is -0.391 e. The largest absolute Gasteiger partial charge is 0.391 e. The molecule has 2 N–H and O–H groups in total. The van der Waals surface area contributed by atoms with E-state index >= 15 is 0 Å². The molecule has 0 bridgehead atoms. The smallest absolute Gasteiger partial charge is 0.333 e. The highest BCUT2D eigenvalue weighted by Crippen LogP contribution is 2.28. The van der Waals surface area contributed by atoms with Gasteiger partial charge in [-0.15, -0.1) is 0 Å². The number of aromatic nitrogens is 6. The summed E-state index contributed by atoms with van der Waals surface area (Å²) in [5.41, 5.74) is 5.58. The Morgan fingerprint density at radius 2 is 1.90 bits per heavy atom. The highest BCUT2D eigenvalue weighted by atomic mass is 79.9. The van der Waals surface area contributed by atoms with Gasteiger partial charge < -0.3 is 15.3 Å². The SMILES string of the molecule is CCn1ccc(-c2ccccc2CNC(=O)c2c3n(c(=O)n2-c2ccc4c(cnn4C[C@H](C)O)c2)CC(C)N(C(=O)c2ccc(Br)c(C)c2)C3)n1. The molecule has 2 amide bonds. The molecule has 7 rings (SSSR count). The lowest BCUT2D eigenvalue weighted by Gasteiger charge is -2.34. The number of imidazole rings is 1. The number of fused-ring (bicyclic) bond motifs is 2. The first-order valence-electron chi connectivity index (χ1n) is 17.0. The third-order valence-electron chi connectivity index (χ3n) is 9.44. The van der Waals surface area contributed by atoms with Crippen molar-refractivity contribution >= 4 is 38.6 Å². The maximum atomic E-state index is 14.4. The van der Waals surface area contributed by atoms with E-state index in [-0.39, 0.29) is 43.0 Å². The number of carbonyl (C=O) groups is 2. The Kier molecular flexibility index (Phi) is 9.25. The molecule has 1 aliphatic rings. The number of nitrogens with one attached hydrogen (secondary N) is 1. The van der Waals surface area contributed by atoms with Crippen LogP contribution in [0.25, 0.3) is 27.8 Å². The zero-order chi connectivity index (χ0) is 36.0. The lowest BCUT2D eigenvalue weighted by Crippen LogP contribution is -2.47. The predicted molar refractivity (Wildman–Crippen MR) is 198 cm³/mol. The second kappa shape index (κ2) is 13.8. The average Bonchev–Trinajstić information content (AvgIpc) is 3.83. The van der Waals surface area contributed by atoms with Crippen molar-refractivity contribution in [2.45, 2.75) is 72.6 Å². The lowest BCUT2D eigenvalue weighted by atomic mass is 10.0. The Hall–Kier alpha value is -5.27. The second-order valence-electron chi connectivity index (χ2n) is 13.1. The fourth-order valence-corrected chi connectivity index (χ4v) is 7.03. The van der Waals surface area contributed by atoms with Crippen LogP contribution in [0.2, 0.25) is 0 Å². The maximum Gasteiger partial charge on any atom is 0.333 e. The van der Waals surface area contributed by atoms with Gasteiger partial charge in [0.15, 0.2) is 0 Å². The minimum absolute atomic E-state index is 0.0692. The first-order valence-corrected chi connectivity index (χ1v) is 17.8. The lowest BCUT2D eigenvalue weighted by molar-refractivity contribution is 0.0610. The summed E-state index contributed by atoms with van der Waals surface area (Å²) < 4.78 is 7.52. The van der Waals surface area contributed by atoms with Gasteiger partial charge in [0.2, 0.25) is 0 Å². The zero-order valence-corrected chi connectivity index (χ0v) is 30.5. The molecule has 0 spiro atoms. The molecular formula is C38H39BrN8O4. The van der Waals surface area contributed by atoms with Crippen LogP contribution in [0, 0.1) is 6.92 Å². The zero-order valence-electron chi connectivity index (χ0n) is 28.9. The quantitative estimate of drug-likeness (QED) is 0.206. The Morgan fingerprint density at radius 3 is 2.65 bits per heavy atom. The highest BCUT2D eigenvalue weighted by Gasteiger charge is 2.35. The number of hydrogen-bond acceptors (Lipinski definition) is 6. The van der Waals surface area contributed by atoms with Gasteiger partial charge in [0.05, 0.1) is 48.0 Å². The molecule has 12 nitrogen and oxygen atoms in total. The van der Waals surface area contributed by atoms with Crippen LogP contribution in [0.3, 0.4) is 0 Å². The molecule has 3 aromatic carbocycles. The molecule has 3 aromatic heterocycles. The fraction of sp³-hybridized carbons (Fsp3) is 0.289. The van der Waals surface area contributed by atoms with E-state index in [9.17, 15) is 19.5 Å². The molecule has 13 heteroatoms. The number of carbonyl (C=O) groups excluding carboxylic acids is 2. The van der Waals surface area contributed by atoms with Crippen LogP contribution in [0.5, 0.6) is 0 Å². The molecule has 1 unspecified atom stereocenters. The number of nitrogens with zero attached hydrogens (tertiary/aromatic N) is 7. The van der Waals surface area contributed by atoms with E-state index in [1.54, 1.807) is 39.4 Å². The molecule has 1 aliphatic heterocycles. The molecule has 51 heavy (non-hydrogen) atoms. The van der Waals surface area contributed by atoms with Gasteiger partial charge >= 0.3 is 5.69 Å². The van der Waals surface area contributed by atoms with Crippen LogP contribution >= 0.6 is 15.9 Å². The van der Waals surface area contributed by atoms with Gasteiger partial charge in [-0.2, -0.15) is 10.2 Å². The maximum absolute atomic E-state index is 14.4. The van der Waals surface area contributed by atoms with Crippen LogP contribution in [0.15, 0.2) is 88.4 Å². The second-order valence-corrected chi connectivity index (χ2v) is 13.9. The molecule has 262 valence electrons. The summed E-state index contributed by atoms with van der Waals surface area (Å²) >= 11 is 3.52. The van der Waals surface area contributed by atoms with Gasteiger partial charge in [-0.25, -0.2) is 4.79 Å². The van der Waals surface area contributed by atoms with E-state index in [2.05, 4.69) is 31.4 Å². The molecule has 0 saturated heterocycles. The molecule has 6 aromatic rings. The van der Waals surface area contributed by atoms with Crippen LogP contribution in [0.4, 0.5) is 0 Å². The summed E-state index contributed by atoms with van der Waals surface area (Å²) in [4.78, 5) is 44.4. The van der Waals surface area contributed by atoms with Gasteiger partial charge in [-0.05, 0) is 81.3 Å². The van der Waals surface area contributed by atoms with E-state index in [1.165, 1.54) is 4.57 Å². The van der Waals surface area contributed by atoms with Crippen molar-refractivity contribution in [2.75, 3.05) is 0 Å². The van der Waals surface area contributed by atoms with Gasteiger partial charge in [0.25, 0.3) is 11.8 Å². The standard InChI is InChI=1S/C38H39BrN8O4/c1-5-43-15-14-32(42-43)30-9-7-6-8-27(30)18-40-36(49)35-34-22-44(37(50)26-10-12-31(39)23(2)16-26)24(3)20-45(34)38(51)47(35)29-11-13-33-28(17-29)19-41-46(33)21-25(4)48/h6-17,19,24-25,48H,5,18,20-22H2,1-4H3,(H,40,49)/t24?,25-/m0/s1. The molecule has 4 heterocycles. The molecule has 0 saturated carbocycles. The number of aliphatic hydroxyl groups excluding tert-OH is 1. The van der Waals surface area contributed by atoms with Gasteiger partial charge in [-0.1, -0.05) is 40.2 Å². The summed E-state index contributed by atoms with van der Waals surface area (Å²) in [5.74, 6) is -0.621.